The minimum absolute atomic E-state index is 0.259. The van der Waals surface area contributed by atoms with Gasteiger partial charge in [0.05, 0.1) is 18.9 Å². The molecule has 0 unspecified atom stereocenters. The molecule has 0 saturated carbocycles. The molecule has 2 aromatic rings. The van der Waals surface area contributed by atoms with Crippen LogP contribution in [-0.4, -0.2) is 18.3 Å². The van der Waals surface area contributed by atoms with Gasteiger partial charge in [-0.25, -0.2) is 0 Å². The Morgan fingerprint density at radius 1 is 1.05 bits per heavy atom. The molecule has 0 spiro atoms. The molecule has 0 aromatic heterocycles. The third-order valence-electron chi connectivity index (χ3n) is 3.07. The van der Waals surface area contributed by atoms with Crippen LogP contribution < -0.4 is 14.8 Å². The number of benzene rings is 2. The van der Waals surface area contributed by atoms with Crippen molar-refractivity contribution in [2.24, 2.45) is 0 Å². The molecule has 2 aromatic carbocycles. The second kappa shape index (κ2) is 7.94. The van der Waals surface area contributed by atoms with E-state index in [0.717, 1.165) is 27.2 Å². The Morgan fingerprint density at radius 2 is 1.82 bits per heavy atom. The van der Waals surface area contributed by atoms with Crippen LogP contribution in [0.5, 0.6) is 17.2 Å². The number of anilines is 1. The fraction of sp³-hybridized carbons (Fsp3) is 0.294. The largest absolute Gasteiger partial charge is 0.508 e. The van der Waals surface area contributed by atoms with E-state index in [2.05, 4.69) is 21.2 Å². The minimum Gasteiger partial charge on any atom is -0.508 e. The molecular weight excluding hydrogens is 346 g/mol. The van der Waals surface area contributed by atoms with E-state index in [-0.39, 0.29) is 5.75 Å². The first-order valence-corrected chi connectivity index (χ1v) is 8.04. The van der Waals surface area contributed by atoms with Crippen molar-refractivity contribution in [3.63, 3.8) is 0 Å². The van der Waals surface area contributed by atoms with E-state index in [1.165, 1.54) is 0 Å². The van der Waals surface area contributed by atoms with Gasteiger partial charge in [-0.2, -0.15) is 0 Å². The molecule has 0 aliphatic rings. The number of phenols is 1. The first-order chi connectivity index (χ1) is 10.6. The van der Waals surface area contributed by atoms with Crippen LogP contribution in [0.2, 0.25) is 0 Å². The van der Waals surface area contributed by atoms with Crippen molar-refractivity contribution in [1.29, 1.82) is 0 Å². The normalized spacial score (nSPS) is 10.3. The van der Waals surface area contributed by atoms with Crippen molar-refractivity contribution in [2.75, 3.05) is 18.5 Å². The number of ether oxygens (including phenoxy) is 2. The molecule has 118 valence electrons. The SMILES string of the molecule is CCOc1ccc(OCC)c(NCc2cc(Br)ccc2O)c1. The Balaban J connectivity index is 2.19. The third-order valence-corrected chi connectivity index (χ3v) is 3.57. The molecule has 5 heteroatoms. The molecular formula is C17H20BrNO3. The van der Waals surface area contributed by atoms with E-state index in [0.29, 0.717) is 19.8 Å². The summed E-state index contributed by atoms with van der Waals surface area (Å²) < 4.78 is 12.1. The van der Waals surface area contributed by atoms with Crippen molar-refractivity contribution in [1.82, 2.24) is 0 Å². The molecule has 0 heterocycles. The van der Waals surface area contributed by atoms with Crippen molar-refractivity contribution < 1.29 is 14.6 Å². The van der Waals surface area contributed by atoms with E-state index < -0.39 is 0 Å². The Kier molecular flexibility index (Phi) is 5.95. The third kappa shape index (κ3) is 4.31. The highest BCUT2D eigenvalue weighted by Crippen LogP contribution is 2.31. The van der Waals surface area contributed by atoms with E-state index in [1.807, 2.05) is 38.1 Å². The Hall–Kier alpha value is -1.88. The maximum absolute atomic E-state index is 9.91. The fourth-order valence-electron chi connectivity index (χ4n) is 2.07. The van der Waals surface area contributed by atoms with Gasteiger partial charge in [-0.15, -0.1) is 0 Å². The number of rotatable bonds is 7. The van der Waals surface area contributed by atoms with Gasteiger partial charge in [0, 0.05) is 22.6 Å². The highest BCUT2D eigenvalue weighted by molar-refractivity contribution is 9.10. The smallest absolute Gasteiger partial charge is 0.142 e. The van der Waals surface area contributed by atoms with Gasteiger partial charge in [0.1, 0.15) is 17.2 Å². The van der Waals surface area contributed by atoms with Gasteiger partial charge in [0.2, 0.25) is 0 Å². The van der Waals surface area contributed by atoms with Gasteiger partial charge in [-0.3, -0.25) is 0 Å². The van der Waals surface area contributed by atoms with Crippen LogP contribution in [-0.2, 0) is 6.54 Å². The van der Waals surface area contributed by atoms with Gasteiger partial charge in [-0.1, -0.05) is 15.9 Å². The molecule has 0 bridgehead atoms. The van der Waals surface area contributed by atoms with Crippen LogP contribution in [0.25, 0.3) is 0 Å². The van der Waals surface area contributed by atoms with Gasteiger partial charge in [0.15, 0.2) is 0 Å². The molecule has 22 heavy (non-hydrogen) atoms. The Bertz CT molecular complexity index is 631. The van der Waals surface area contributed by atoms with Crippen LogP contribution in [0.4, 0.5) is 5.69 Å². The van der Waals surface area contributed by atoms with Crippen molar-refractivity contribution >= 4 is 21.6 Å². The maximum atomic E-state index is 9.91. The Morgan fingerprint density at radius 3 is 2.55 bits per heavy atom. The number of hydrogen-bond donors (Lipinski definition) is 2. The summed E-state index contributed by atoms with van der Waals surface area (Å²) in [5.74, 6) is 1.81. The molecule has 0 saturated heterocycles. The number of phenolic OH excluding ortho intramolecular Hbond substituents is 1. The highest BCUT2D eigenvalue weighted by atomic mass is 79.9. The summed E-state index contributed by atoms with van der Waals surface area (Å²) in [6, 6.07) is 11.0. The standard InChI is InChI=1S/C17H20BrNO3/c1-3-21-14-6-8-17(22-4-2)15(10-14)19-11-12-9-13(18)5-7-16(12)20/h5-10,19-20H,3-4,11H2,1-2H3. The second-order valence-electron chi connectivity index (χ2n) is 4.65. The van der Waals surface area contributed by atoms with Gasteiger partial charge >= 0.3 is 0 Å². The van der Waals surface area contributed by atoms with Crippen molar-refractivity contribution in [3.8, 4) is 17.2 Å². The van der Waals surface area contributed by atoms with Crippen molar-refractivity contribution in [2.45, 2.75) is 20.4 Å². The quantitative estimate of drug-likeness (QED) is 0.754. The monoisotopic (exact) mass is 365 g/mol. The minimum atomic E-state index is 0.259. The van der Waals surface area contributed by atoms with E-state index in [9.17, 15) is 5.11 Å². The van der Waals surface area contributed by atoms with Crippen LogP contribution in [0.1, 0.15) is 19.4 Å². The predicted octanol–water partition coefficient (Wildman–Crippen LogP) is 4.56. The van der Waals surface area contributed by atoms with Gasteiger partial charge in [-0.05, 0) is 44.2 Å². The van der Waals surface area contributed by atoms with E-state index in [4.69, 9.17) is 9.47 Å². The predicted molar refractivity (Wildman–Crippen MR) is 91.9 cm³/mol. The summed E-state index contributed by atoms with van der Waals surface area (Å²) in [4.78, 5) is 0. The molecule has 0 aliphatic carbocycles. The highest BCUT2D eigenvalue weighted by Gasteiger charge is 2.08. The molecule has 0 atom stereocenters. The average Bonchev–Trinajstić information content (AvgIpc) is 2.51. The zero-order valence-electron chi connectivity index (χ0n) is 12.7. The summed E-state index contributed by atoms with van der Waals surface area (Å²) in [5.41, 5.74) is 1.64. The first-order valence-electron chi connectivity index (χ1n) is 7.25. The lowest BCUT2D eigenvalue weighted by molar-refractivity contribution is 0.332. The number of halogens is 1. The zero-order valence-corrected chi connectivity index (χ0v) is 14.3. The van der Waals surface area contributed by atoms with E-state index in [1.54, 1.807) is 12.1 Å². The van der Waals surface area contributed by atoms with Gasteiger partial charge < -0.3 is 19.9 Å². The summed E-state index contributed by atoms with van der Waals surface area (Å²) in [7, 11) is 0. The second-order valence-corrected chi connectivity index (χ2v) is 5.57. The maximum Gasteiger partial charge on any atom is 0.142 e. The van der Waals surface area contributed by atoms with Crippen LogP contribution >= 0.6 is 15.9 Å². The Labute approximate surface area is 139 Å². The lowest BCUT2D eigenvalue weighted by Crippen LogP contribution is -2.04. The summed E-state index contributed by atoms with van der Waals surface area (Å²) in [6.07, 6.45) is 0. The lowest BCUT2D eigenvalue weighted by atomic mass is 10.2. The van der Waals surface area contributed by atoms with Crippen LogP contribution in [0.15, 0.2) is 40.9 Å². The van der Waals surface area contributed by atoms with Crippen LogP contribution in [0.3, 0.4) is 0 Å². The molecule has 0 fully saturated rings. The zero-order chi connectivity index (χ0) is 15.9. The van der Waals surface area contributed by atoms with E-state index >= 15 is 0 Å². The molecule has 2 rings (SSSR count). The summed E-state index contributed by atoms with van der Waals surface area (Å²) in [6.45, 7) is 5.58. The number of nitrogens with one attached hydrogen (secondary N) is 1. The number of hydrogen-bond acceptors (Lipinski definition) is 4. The van der Waals surface area contributed by atoms with Gasteiger partial charge in [0.25, 0.3) is 0 Å². The molecule has 0 amide bonds. The summed E-state index contributed by atoms with van der Waals surface area (Å²) in [5, 5.41) is 13.2. The molecule has 2 N–H and O–H groups in total. The topological polar surface area (TPSA) is 50.7 Å². The molecule has 0 aliphatic heterocycles. The van der Waals surface area contributed by atoms with Crippen molar-refractivity contribution in [3.05, 3.63) is 46.4 Å². The summed E-state index contributed by atoms with van der Waals surface area (Å²) >= 11 is 3.41. The first kappa shape index (κ1) is 16.5. The average molecular weight is 366 g/mol. The molecule has 0 radical (unpaired) electrons. The fourth-order valence-corrected chi connectivity index (χ4v) is 2.48. The molecule has 4 nitrogen and oxygen atoms in total. The lowest BCUT2D eigenvalue weighted by Gasteiger charge is -2.15. The number of aromatic hydroxyl groups is 1. The van der Waals surface area contributed by atoms with Crippen LogP contribution in [0, 0.1) is 0 Å².